The van der Waals surface area contributed by atoms with Gasteiger partial charge in [0.25, 0.3) is 0 Å². The number of methoxy groups -OCH3 is 1. The highest BCUT2D eigenvalue weighted by atomic mass is 16.6. The van der Waals surface area contributed by atoms with Gasteiger partial charge in [-0.1, -0.05) is 25.1 Å². The van der Waals surface area contributed by atoms with Crippen LogP contribution in [-0.2, 0) is 25.5 Å². The maximum absolute atomic E-state index is 11.9. The molecule has 0 N–H and O–H groups in total. The second-order valence-electron chi connectivity index (χ2n) is 5.78. The Bertz CT molecular complexity index is 703. The summed E-state index contributed by atoms with van der Waals surface area (Å²) in [7, 11) is 1.46. The smallest absolute Gasteiger partial charge is 0.336 e. The molecule has 0 saturated heterocycles. The second-order valence-corrected chi connectivity index (χ2v) is 5.78. The van der Waals surface area contributed by atoms with Crippen molar-refractivity contribution in [3.8, 4) is 11.5 Å². The quantitative estimate of drug-likeness (QED) is 0.194. The minimum atomic E-state index is -0.715. The van der Waals surface area contributed by atoms with Crippen LogP contribution >= 0.6 is 0 Å². The number of carbonyl (C=O) groups is 3. The molecule has 6 heteroatoms. The number of rotatable bonds is 11. The number of hydrogen-bond donors (Lipinski definition) is 0. The molecule has 0 radical (unpaired) electrons. The average molecular weight is 374 g/mol. The van der Waals surface area contributed by atoms with E-state index in [9.17, 15) is 14.4 Å². The number of hydrogen-bond acceptors (Lipinski definition) is 6. The monoisotopic (exact) mass is 374 g/mol. The highest BCUT2D eigenvalue weighted by Gasteiger charge is 2.10. The maximum atomic E-state index is 11.9. The Balaban J connectivity index is 2.56. The normalized spacial score (nSPS) is 10.9. The zero-order chi connectivity index (χ0) is 20.1. The van der Waals surface area contributed by atoms with E-state index < -0.39 is 11.9 Å². The van der Waals surface area contributed by atoms with Gasteiger partial charge in [-0.25, -0.2) is 9.59 Å². The molecule has 0 aliphatic carbocycles. The molecule has 146 valence electrons. The van der Waals surface area contributed by atoms with E-state index in [4.69, 9.17) is 14.2 Å². The van der Waals surface area contributed by atoms with E-state index in [1.54, 1.807) is 18.2 Å². The molecular weight excluding hydrogens is 348 g/mol. The number of esters is 2. The van der Waals surface area contributed by atoms with Crippen molar-refractivity contribution in [2.45, 2.75) is 39.5 Å². The first kappa shape index (κ1) is 22.2. The SMILES string of the molecule is CC/C=C\CCOC(=O)/C=C/C(=O)Oc1ccc(CCC(C)=O)cc1OC. The molecular formula is C21H26O6. The molecule has 1 aromatic carbocycles. The van der Waals surface area contributed by atoms with E-state index in [0.717, 1.165) is 24.1 Å². The van der Waals surface area contributed by atoms with Crippen LogP contribution < -0.4 is 9.47 Å². The van der Waals surface area contributed by atoms with Crippen molar-refractivity contribution >= 4 is 17.7 Å². The first-order valence-electron chi connectivity index (χ1n) is 8.84. The van der Waals surface area contributed by atoms with Gasteiger partial charge in [0.1, 0.15) is 5.78 Å². The number of Topliss-reactive ketones (excluding diaryl/α,β-unsaturated/α-hetero) is 1. The van der Waals surface area contributed by atoms with Crippen LogP contribution in [0.2, 0.25) is 0 Å². The highest BCUT2D eigenvalue weighted by molar-refractivity contribution is 5.92. The molecule has 0 heterocycles. The number of ether oxygens (including phenoxy) is 3. The molecule has 0 fully saturated rings. The van der Waals surface area contributed by atoms with Crippen LogP contribution in [0.4, 0.5) is 0 Å². The fourth-order valence-corrected chi connectivity index (χ4v) is 2.11. The van der Waals surface area contributed by atoms with Crippen molar-refractivity contribution < 1.29 is 28.6 Å². The van der Waals surface area contributed by atoms with E-state index >= 15 is 0 Å². The van der Waals surface area contributed by atoms with Gasteiger partial charge < -0.3 is 19.0 Å². The predicted octanol–water partition coefficient (Wildman–Crippen LogP) is 3.58. The molecule has 0 aliphatic heterocycles. The van der Waals surface area contributed by atoms with Gasteiger partial charge in [0, 0.05) is 18.6 Å². The minimum absolute atomic E-state index is 0.0999. The average Bonchev–Trinajstić information content (AvgIpc) is 2.65. The fourth-order valence-electron chi connectivity index (χ4n) is 2.11. The standard InChI is InChI=1S/C21H26O6/c1-4-5-6-7-14-26-20(23)12-13-21(24)27-18-11-10-17(9-8-16(2)22)15-19(18)25-3/h5-6,10-13,15H,4,7-9,14H2,1-3H3/b6-5-,13-12+. The molecule has 0 saturated carbocycles. The lowest BCUT2D eigenvalue weighted by Crippen LogP contribution is -2.08. The number of ketones is 1. The summed E-state index contributed by atoms with van der Waals surface area (Å²) >= 11 is 0. The Labute approximate surface area is 159 Å². The summed E-state index contributed by atoms with van der Waals surface area (Å²) < 4.78 is 15.4. The van der Waals surface area contributed by atoms with Gasteiger partial charge in [0.2, 0.25) is 0 Å². The molecule has 6 nitrogen and oxygen atoms in total. The van der Waals surface area contributed by atoms with Crippen molar-refractivity contribution in [2.24, 2.45) is 0 Å². The van der Waals surface area contributed by atoms with E-state index in [-0.39, 0.29) is 18.1 Å². The summed E-state index contributed by atoms with van der Waals surface area (Å²) in [5.74, 6) is -0.612. The Hall–Kier alpha value is -2.89. The van der Waals surface area contributed by atoms with Crippen LogP contribution in [0.3, 0.4) is 0 Å². The van der Waals surface area contributed by atoms with Gasteiger partial charge in [-0.05, 0) is 43.9 Å². The van der Waals surface area contributed by atoms with E-state index in [2.05, 4.69) is 0 Å². The van der Waals surface area contributed by atoms with Crippen molar-refractivity contribution in [1.29, 1.82) is 0 Å². The molecule has 0 aliphatic rings. The second kappa shape index (κ2) is 12.5. The Morgan fingerprint density at radius 1 is 1.04 bits per heavy atom. The van der Waals surface area contributed by atoms with E-state index in [0.29, 0.717) is 25.0 Å². The van der Waals surface area contributed by atoms with Crippen molar-refractivity contribution in [3.63, 3.8) is 0 Å². The molecule has 0 spiro atoms. The van der Waals surface area contributed by atoms with Crippen molar-refractivity contribution in [2.75, 3.05) is 13.7 Å². The lowest BCUT2D eigenvalue weighted by atomic mass is 10.1. The number of carbonyl (C=O) groups excluding carboxylic acids is 3. The third-order valence-electron chi connectivity index (χ3n) is 3.49. The van der Waals surface area contributed by atoms with Gasteiger partial charge in [0.15, 0.2) is 11.5 Å². The number of aryl methyl sites for hydroxylation is 1. The van der Waals surface area contributed by atoms with Gasteiger partial charge in [-0.2, -0.15) is 0 Å². The van der Waals surface area contributed by atoms with Gasteiger partial charge in [-0.3, -0.25) is 0 Å². The molecule has 0 bridgehead atoms. The summed E-state index contributed by atoms with van der Waals surface area (Å²) in [5, 5.41) is 0. The van der Waals surface area contributed by atoms with Crippen LogP contribution in [-0.4, -0.2) is 31.4 Å². The van der Waals surface area contributed by atoms with Crippen LogP contribution in [0, 0.1) is 0 Å². The van der Waals surface area contributed by atoms with Crippen molar-refractivity contribution in [1.82, 2.24) is 0 Å². The molecule has 0 atom stereocenters. The number of allylic oxidation sites excluding steroid dienone is 1. The molecule has 1 aromatic rings. The van der Waals surface area contributed by atoms with Gasteiger partial charge in [-0.15, -0.1) is 0 Å². The minimum Gasteiger partial charge on any atom is -0.493 e. The van der Waals surface area contributed by atoms with E-state index in [1.165, 1.54) is 14.0 Å². The van der Waals surface area contributed by atoms with Gasteiger partial charge in [0.05, 0.1) is 13.7 Å². The van der Waals surface area contributed by atoms with E-state index in [1.807, 2.05) is 19.1 Å². The largest absolute Gasteiger partial charge is 0.493 e. The van der Waals surface area contributed by atoms with Crippen LogP contribution in [0.1, 0.15) is 38.7 Å². The summed E-state index contributed by atoms with van der Waals surface area (Å²) in [6.45, 7) is 3.81. The van der Waals surface area contributed by atoms with Crippen LogP contribution in [0.5, 0.6) is 11.5 Å². The molecule has 0 aromatic heterocycles. The zero-order valence-electron chi connectivity index (χ0n) is 16.0. The lowest BCUT2D eigenvalue weighted by Gasteiger charge is -2.09. The summed E-state index contributed by atoms with van der Waals surface area (Å²) in [6, 6.07) is 5.07. The summed E-state index contributed by atoms with van der Waals surface area (Å²) in [6.07, 6.45) is 8.52. The fraction of sp³-hybridized carbons (Fsp3) is 0.381. The molecule has 0 unspecified atom stereocenters. The third-order valence-corrected chi connectivity index (χ3v) is 3.49. The molecule has 1 rings (SSSR count). The Morgan fingerprint density at radius 3 is 2.44 bits per heavy atom. The first-order chi connectivity index (χ1) is 13.0. The van der Waals surface area contributed by atoms with Crippen LogP contribution in [0.25, 0.3) is 0 Å². The maximum Gasteiger partial charge on any atom is 0.336 e. The summed E-state index contributed by atoms with van der Waals surface area (Å²) in [4.78, 5) is 34.5. The van der Waals surface area contributed by atoms with Gasteiger partial charge >= 0.3 is 11.9 Å². The first-order valence-corrected chi connectivity index (χ1v) is 8.84. The third kappa shape index (κ3) is 9.39. The molecule has 27 heavy (non-hydrogen) atoms. The predicted molar refractivity (Wildman–Crippen MR) is 102 cm³/mol. The topological polar surface area (TPSA) is 78.9 Å². The zero-order valence-corrected chi connectivity index (χ0v) is 16.0. The van der Waals surface area contributed by atoms with Crippen LogP contribution in [0.15, 0.2) is 42.5 Å². The highest BCUT2D eigenvalue weighted by Crippen LogP contribution is 2.28. The van der Waals surface area contributed by atoms with Crippen molar-refractivity contribution in [3.05, 3.63) is 48.1 Å². The Kier molecular flexibility index (Phi) is 10.2. The molecule has 0 amide bonds. The summed E-state index contributed by atoms with van der Waals surface area (Å²) in [5.41, 5.74) is 0.901. The lowest BCUT2D eigenvalue weighted by molar-refractivity contribution is -0.138. The number of benzene rings is 1. The Morgan fingerprint density at radius 2 is 1.78 bits per heavy atom.